The van der Waals surface area contributed by atoms with E-state index in [4.69, 9.17) is 15.3 Å². The Morgan fingerprint density at radius 3 is 2.67 bits per heavy atom. The highest BCUT2D eigenvalue weighted by molar-refractivity contribution is 5.07. The average Bonchev–Trinajstić information content (AvgIpc) is 2.07. The van der Waals surface area contributed by atoms with Crippen molar-refractivity contribution in [3.05, 3.63) is 0 Å². The van der Waals surface area contributed by atoms with Gasteiger partial charge in [0.15, 0.2) is 6.04 Å². The summed E-state index contributed by atoms with van der Waals surface area (Å²) in [6.45, 7) is 3.90. The first-order valence-electron chi connectivity index (χ1n) is 3.93. The third-order valence-corrected chi connectivity index (χ3v) is 1.88. The maximum atomic E-state index is 8.61. The summed E-state index contributed by atoms with van der Waals surface area (Å²) in [4.78, 5) is 1.84. The Hall–Kier alpha value is -1.10. The lowest BCUT2D eigenvalue weighted by Gasteiger charge is -2.31. The molecule has 0 bridgehead atoms. The van der Waals surface area contributed by atoms with Gasteiger partial charge in [0.25, 0.3) is 0 Å². The lowest BCUT2D eigenvalue weighted by atomic mass is 10.2. The van der Waals surface area contributed by atoms with Crippen molar-refractivity contribution in [2.75, 3.05) is 19.7 Å². The van der Waals surface area contributed by atoms with E-state index in [1.165, 1.54) is 0 Å². The van der Waals surface area contributed by atoms with Gasteiger partial charge in [-0.25, -0.2) is 0 Å². The van der Waals surface area contributed by atoms with E-state index < -0.39 is 6.04 Å². The largest absolute Gasteiger partial charge is 0.376 e. The maximum absolute atomic E-state index is 8.61. The first kappa shape index (κ1) is 8.99. The molecule has 1 saturated heterocycles. The molecule has 0 amide bonds. The van der Waals surface area contributed by atoms with Crippen molar-refractivity contribution in [3.8, 4) is 12.1 Å². The molecule has 4 nitrogen and oxygen atoms in total. The second kappa shape index (κ2) is 4.06. The van der Waals surface area contributed by atoms with Crippen molar-refractivity contribution in [1.29, 1.82) is 10.5 Å². The third-order valence-electron chi connectivity index (χ3n) is 1.88. The zero-order valence-corrected chi connectivity index (χ0v) is 7.03. The molecular weight excluding hydrogens is 154 g/mol. The summed E-state index contributed by atoms with van der Waals surface area (Å²) in [7, 11) is 0. The van der Waals surface area contributed by atoms with Crippen molar-refractivity contribution >= 4 is 0 Å². The van der Waals surface area contributed by atoms with E-state index in [0.717, 1.165) is 0 Å². The molecule has 1 unspecified atom stereocenters. The summed E-state index contributed by atoms with van der Waals surface area (Å²) >= 11 is 0. The van der Waals surface area contributed by atoms with E-state index in [2.05, 4.69) is 0 Å². The van der Waals surface area contributed by atoms with Gasteiger partial charge in [-0.2, -0.15) is 10.5 Å². The van der Waals surface area contributed by atoms with Crippen molar-refractivity contribution in [2.24, 2.45) is 0 Å². The van der Waals surface area contributed by atoms with E-state index in [9.17, 15) is 0 Å². The highest BCUT2D eigenvalue weighted by Gasteiger charge is 2.23. The molecule has 0 N–H and O–H groups in total. The number of hydrogen-bond acceptors (Lipinski definition) is 4. The van der Waals surface area contributed by atoms with Crippen LogP contribution in [0.3, 0.4) is 0 Å². The molecule has 0 aromatic heterocycles. The van der Waals surface area contributed by atoms with Crippen molar-refractivity contribution in [2.45, 2.75) is 19.1 Å². The van der Waals surface area contributed by atoms with Gasteiger partial charge in [-0.1, -0.05) is 0 Å². The molecule has 0 aromatic rings. The molecule has 0 saturated carbocycles. The average molecular weight is 165 g/mol. The minimum Gasteiger partial charge on any atom is -0.376 e. The zero-order chi connectivity index (χ0) is 8.97. The summed E-state index contributed by atoms with van der Waals surface area (Å²) < 4.78 is 5.29. The summed E-state index contributed by atoms with van der Waals surface area (Å²) in [6.07, 6.45) is 0.128. The minimum atomic E-state index is -0.614. The number of ether oxygens (including phenoxy) is 1. The summed E-state index contributed by atoms with van der Waals surface area (Å²) in [6, 6.07) is 3.29. The lowest BCUT2D eigenvalue weighted by molar-refractivity contribution is -0.0204. The Bertz CT molecular complexity index is 213. The molecule has 0 spiro atoms. The fraction of sp³-hybridized carbons (Fsp3) is 0.750. The van der Waals surface area contributed by atoms with E-state index in [-0.39, 0.29) is 6.10 Å². The quantitative estimate of drug-likeness (QED) is 0.553. The zero-order valence-electron chi connectivity index (χ0n) is 7.03. The molecule has 1 heterocycles. The second-order valence-electron chi connectivity index (χ2n) is 2.84. The standard InChI is InChI=1S/C8H11N3O/c1-7-6-11(2-3-12-7)8(4-9)5-10/h7-8H,2-3,6H2,1H3. The molecule has 1 atom stereocenters. The van der Waals surface area contributed by atoms with E-state index >= 15 is 0 Å². The highest BCUT2D eigenvalue weighted by atomic mass is 16.5. The number of morpholine rings is 1. The predicted molar refractivity (Wildman–Crippen MR) is 42.0 cm³/mol. The van der Waals surface area contributed by atoms with Gasteiger partial charge in [0.1, 0.15) is 0 Å². The first-order valence-corrected chi connectivity index (χ1v) is 3.93. The Labute approximate surface area is 71.9 Å². The van der Waals surface area contributed by atoms with Crippen molar-refractivity contribution < 1.29 is 4.74 Å². The number of hydrogen-bond donors (Lipinski definition) is 0. The molecule has 0 aliphatic carbocycles. The molecule has 1 aliphatic heterocycles. The number of nitriles is 2. The Morgan fingerprint density at radius 1 is 1.50 bits per heavy atom. The Morgan fingerprint density at radius 2 is 2.17 bits per heavy atom. The fourth-order valence-electron chi connectivity index (χ4n) is 1.27. The van der Waals surface area contributed by atoms with Crippen LogP contribution in [0.1, 0.15) is 6.92 Å². The van der Waals surface area contributed by atoms with Crippen molar-refractivity contribution in [3.63, 3.8) is 0 Å². The molecule has 1 aliphatic rings. The summed E-state index contributed by atoms with van der Waals surface area (Å²) in [5, 5.41) is 17.2. The van der Waals surface area contributed by atoms with E-state index in [0.29, 0.717) is 19.7 Å². The van der Waals surface area contributed by atoms with Crippen LogP contribution in [0.5, 0.6) is 0 Å². The van der Waals surface area contributed by atoms with Gasteiger partial charge >= 0.3 is 0 Å². The van der Waals surface area contributed by atoms with Gasteiger partial charge in [-0.15, -0.1) is 0 Å². The molecule has 1 rings (SSSR count). The van der Waals surface area contributed by atoms with Crippen LogP contribution < -0.4 is 0 Å². The van der Waals surface area contributed by atoms with Crippen LogP contribution in [0.15, 0.2) is 0 Å². The number of rotatable bonds is 1. The van der Waals surface area contributed by atoms with Crippen LogP contribution in [0.2, 0.25) is 0 Å². The highest BCUT2D eigenvalue weighted by Crippen LogP contribution is 2.07. The molecule has 0 radical (unpaired) electrons. The van der Waals surface area contributed by atoms with Gasteiger partial charge in [-0.05, 0) is 6.92 Å². The molecule has 0 aromatic carbocycles. The van der Waals surface area contributed by atoms with Crippen LogP contribution in [-0.4, -0.2) is 36.7 Å². The van der Waals surface area contributed by atoms with Crippen LogP contribution in [-0.2, 0) is 4.74 Å². The molecule has 12 heavy (non-hydrogen) atoms. The van der Waals surface area contributed by atoms with Gasteiger partial charge in [0.2, 0.25) is 0 Å². The van der Waals surface area contributed by atoms with Crippen LogP contribution in [0.25, 0.3) is 0 Å². The summed E-state index contributed by atoms with van der Waals surface area (Å²) in [5.41, 5.74) is 0. The normalized spacial score (nSPS) is 24.8. The molecule has 64 valence electrons. The molecular formula is C8H11N3O. The van der Waals surface area contributed by atoms with Gasteiger partial charge in [0, 0.05) is 13.1 Å². The first-order chi connectivity index (χ1) is 5.77. The van der Waals surface area contributed by atoms with Gasteiger partial charge in [-0.3, -0.25) is 4.90 Å². The predicted octanol–water partition coefficient (Wildman–Crippen LogP) is 0.123. The smallest absolute Gasteiger partial charge is 0.186 e. The Kier molecular flexibility index (Phi) is 3.04. The van der Waals surface area contributed by atoms with E-state index in [1.54, 1.807) is 0 Å². The van der Waals surface area contributed by atoms with Crippen molar-refractivity contribution in [1.82, 2.24) is 4.90 Å². The van der Waals surface area contributed by atoms with Crippen LogP contribution >= 0.6 is 0 Å². The SMILES string of the molecule is CC1CN(C(C#N)C#N)CCO1. The van der Waals surface area contributed by atoms with E-state index in [1.807, 2.05) is 24.0 Å². The van der Waals surface area contributed by atoms with Gasteiger partial charge < -0.3 is 4.74 Å². The monoisotopic (exact) mass is 165 g/mol. The van der Waals surface area contributed by atoms with Crippen LogP contribution in [0, 0.1) is 22.7 Å². The maximum Gasteiger partial charge on any atom is 0.186 e. The second-order valence-corrected chi connectivity index (χ2v) is 2.84. The fourth-order valence-corrected chi connectivity index (χ4v) is 1.27. The van der Waals surface area contributed by atoms with Gasteiger partial charge in [0.05, 0.1) is 24.8 Å². The number of nitrogens with zero attached hydrogens (tertiary/aromatic N) is 3. The minimum absolute atomic E-state index is 0.128. The van der Waals surface area contributed by atoms with Crippen LogP contribution in [0.4, 0.5) is 0 Å². The Balaban J connectivity index is 2.52. The molecule has 4 heteroatoms. The summed E-state index contributed by atoms with van der Waals surface area (Å²) in [5.74, 6) is 0. The molecule has 1 fully saturated rings. The topological polar surface area (TPSA) is 60.0 Å². The third kappa shape index (κ3) is 1.94. The lowest BCUT2D eigenvalue weighted by Crippen LogP contribution is -2.45.